The van der Waals surface area contributed by atoms with E-state index < -0.39 is 6.10 Å². The van der Waals surface area contributed by atoms with Gasteiger partial charge in [0, 0.05) is 12.2 Å². The summed E-state index contributed by atoms with van der Waals surface area (Å²) in [6, 6.07) is 13.5. The molecule has 1 heterocycles. The summed E-state index contributed by atoms with van der Waals surface area (Å²) < 4.78 is 5.87. The number of hydrogen-bond acceptors (Lipinski definition) is 4. The van der Waals surface area contributed by atoms with Crippen LogP contribution in [0.4, 0.5) is 11.4 Å². The van der Waals surface area contributed by atoms with E-state index in [1.165, 1.54) is 0 Å². The van der Waals surface area contributed by atoms with Gasteiger partial charge >= 0.3 is 0 Å². The third kappa shape index (κ3) is 4.63. The van der Waals surface area contributed by atoms with Crippen LogP contribution in [0.15, 0.2) is 42.5 Å². The highest BCUT2D eigenvalue weighted by Gasteiger charge is 2.31. The van der Waals surface area contributed by atoms with E-state index in [0.717, 1.165) is 28.9 Å². The van der Waals surface area contributed by atoms with E-state index in [4.69, 9.17) is 4.74 Å². The Balaban J connectivity index is 1.74. The molecule has 2 amide bonds. The third-order valence-corrected chi connectivity index (χ3v) is 4.70. The fourth-order valence-corrected chi connectivity index (χ4v) is 3.19. The van der Waals surface area contributed by atoms with Crippen LogP contribution in [0.3, 0.4) is 0 Å². The number of nitrogens with one attached hydrogen (secondary N) is 2. The van der Waals surface area contributed by atoms with Crippen molar-refractivity contribution in [1.82, 2.24) is 5.32 Å². The number of anilines is 2. The maximum atomic E-state index is 12.7. The van der Waals surface area contributed by atoms with Crippen LogP contribution >= 0.6 is 0 Å². The number of fused-ring (bicyclic) bond motifs is 1. The zero-order valence-corrected chi connectivity index (χ0v) is 16.6. The zero-order valence-electron chi connectivity index (χ0n) is 16.6. The van der Waals surface area contributed by atoms with Crippen LogP contribution in [-0.4, -0.2) is 37.6 Å². The predicted octanol–water partition coefficient (Wildman–Crippen LogP) is 3.04. The van der Waals surface area contributed by atoms with Crippen LogP contribution in [0, 0.1) is 13.8 Å². The summed E-state index contributed by atoms with van der Waals surface area (Å²) in [5.74, 6) is 0.333. The average Bonchev–Trinajstić information content (AvgIpc) is 2.68. The van der Waals surface area contributed by atoms with Crippen LogP contribution < -0.4 is 20.3 Å². The number of carbonyl (C=O) groups is 2. The molecular weight excluding hydrogens is 354 g/mol. The van der Waals surface area contributed by atoms with Crippen molar-refractivity contribution in [3.8, 4) is 5.75 Å². The summed E-state index contributed by atoms with van der Waals surface area (Å²) in [5.41, 5.74) is 3.73. The zero-order chi connectivity index (χ0) is 20.1. The summed E-state index contributed by atoms with van der Waals surface area (Å²) in [4.78, 5) is 27.0. The molecular formula is C22H27N3O3. The minimum atomic E-state index is -0.644. The molecule has 3 rings (SSSR count). The highest BCUT2D eigenvalue weighted by molar-refractivity contribution is 5.95. The lowest BCUT2D eigenvalue weighted by Gasteiger charge is -2.35. The number of para-hydroxylation sites is 2. The number of aryl methyl sites for hydroxylation is 2. The number of ether oxygens (including phenoxy) is 1. The summed E-state index contributed by atoms with van der Waals surface area (Å²) in [5, 5.41) is 5.85. The van der Waals surface area contributed by atoms with Crippen LogP contribution in [0.25, 0.3) is 0 Å². The van der Waals surface area contributed by atoms with E-state index in [1.54, 1.807) is 0 Å². The molecule has 28 heavy (non-hydrogen) atoms. The first-order chi connectivity index (χ1) is 13.5. The maximum absolute atomic E-state index is 12.7. The molecule has 0 radical (unpaired) electrons. The molecule has 1 aliphatic heterocycles. The summed E-state index contributed by atoms with van der Waals surface area (Å²) >= 11 is 0. The number of rotatable bonds is 6. The van der Waals surface area contributed by atoms with Gasteiger partial charge in [0.15, 0.2) is 6.10 Å². The lowest BCUT2D eigenvalue weighted by Crippen LogP contribution is -2.50. The highest BCUT2D eigenvalue weighted by atomic mass is 16.5. The Bertz CT molecular complexity index is 866. The van der Waals surface area contributed by atoms with Gasteiger partial charge in [-0.05, 0) is 49.6 Å². The second-order valence-electron chi connectivity index (χ2n) is 7.11. The molecule has 0 spiro atoms. The van der Waals surface area contributed by atoms with Gasteiger partial charge in [0.1, 0.15) is 5.75 Å². The van der Waals surface area contributed by atoms with Gasteiger partial charge in [0.25, 0.3) is 5.91 Å². The summed E-state index contributed by atoms with van der Waals surface area (Å²) in [6.45, 7) is 7.03. The Morgan fingerprint density at radius 2 is 1.96 bits per heavy atom. The predicted molar refractivity (Wildman–Crippen MR) is 111 cm³/mol. The SMILES string of the molecule is CCCNC(=O)[C@@H]1CN(CC(=O)Nc2cc(C)ccc2C)c2ccccc2O1. The monoisotopic (exact) mass is 381 g/mol. The van der Waals surface area contributed by atoms with Crippen molar-refractivity contribution in [1.29, 1.82) is 0 Å². The Kier molecular flexibility index (Phi) is 6.19. The minimum Gasteiger partial charge on any atom is -0.477 e. The molecule has 2 aromatic rings. The van der Waals surface area contributed by atoms with Crippen molar-refractivity contribution in [2.24, 2.45) is 0 Å². The van der Waals surface area contributed by atoms with Crippen LogP contribution in [0.1, 0.15) is 24.5 Å². The molecule has 6 heteroatoms. The third-order valence-electron chi connectivity index (χ3n) is 4.70. The Hall–Kier alpha value is -3.02. The van der Waals surface area contributed by atoms with Gasteiger partial charge in [-0.15, -0.1) is 0 Å². The largest absolute Gasteiger partial charge is 0.477 e. The van der Waals surface area contributed by atoms with E-state index in [0.29, 0.717) is 18.8 Å². The molecule has 0 aliphatic carbocycles. The summed E-state index contributed by atoms with van der Waals surface area (Å²) in [6.07, 6.45) is 0.215. The normalized spacial score (nSPS) is 15.4. The van der Waals surface area contributed by atoms with Gasteiger partial charge in [-0.2, -0.15) is 0 Å². The Morgan fingerprint density at radius 1 is 1.18 bits per heavy atom. The molecule has 1 aliphatic rings. The highest BCUT2D eigenvalue weighted by Crippen LogP contribution is 2.33. The van der Waals surface area contributed by atoms with Gasteiger partial charge in [-0.25, -0.2) is 0 Å². The van der Waals surface area contributed by atoms with Crippen molar-refractivity contribution in [2.45, 2.75) is 33.3 Å². The second-order valence-corrected chi connectivity index (χ2v) is 7.11. The summed E-state index contributed by atoms with van der Waals surface area (Å²) in [7, 11) is 0. The molecule has 1 atom stereocenters. The molecule has 2 aromatic carbocycles. The van der Waals surface area contributed by atoms with Gasteiger partial charge in [-0.3, -0.25) is 9.59 Å². The van der Waals surface area contributed by atoms with Crippen molar-refractivity contribution >= 4 is 23.2 Å². The molecule has 0 bridgehead atoms. The molecule has 6 nitrogen and oxygen atoms in total. The molecule has 0 unspecified atom stereocenters. The van der Waals surface area contributed by atoms with Crippen LogP contribution in [-0.2, 0) is 9.59 Å². The maximum Gasteiger partial charge on any atom is 0.262 e. The number of nitrogens with zero attached hydrogens (tertiary/aromatic N) is 1. The Labute approximate surface area is 165 Å². The second kappa shape index (κ2) is 8.78. The topological polar surface area (TPSA) is 70.7 Å². The molecule has 148 valence electrons. The fourth-order valence-electron chi connectivity index (χ4n) is 3.19. The minimum absolute atomic E-state index is 0.127. The lowest BCUT2D eigenvalue weighted by molar-refractivity contribution is -0.128. The lowest BCUT2D eigenvalue weighted by atomic mass is 10.1. The van der Waals surface area contributed by atoms with E-state index >= 15 is 0 Å². The van der Waals surface area contributed by atoms with E-state index in [-0.39, 0.29) is 18.4 Å². The molecule has 0 saturated heterocycles. The first-order valence-corrected chi connectivity index (χ1v) is 9.63. The number of carbonyl (C=O) groups excluding carboxylic acids is 2. The first kappa shape index (κ1) is 19.7. The van der Waals surface area contributed by atoms with E-state index in [2.05, 4.69) is 10.6 Å². The molecule has 0 saturated carbocycles. The average molecular weight is 381 g/mol. The molecule has 0 aromatic heterocycles. The van der Waals surface area contributed by atoms with Gasteiger partial charge < -0.3 is 20.3 Å². The van der Waals surface area contributed by atoms with Crippen LogP contribution in [0.2, 0.25) is 0 Å². The smallest absolute Gasteiger partial charge is 0.262 e. The first-order valence-electron chi connectivity index (χ1n) is 9.63. The quantitative estimate of drug-likeness (QED) is 0.807. The number of benzene rings is 2. The van der Waals surface area contributed by atoms with Crippen molar-refractivity contribution in [3.05, 3.63) is 53.6 Å². The van der Waals surface area contributed by atoms with Gasteiger partial charge in [0.2, 0.25) is 5.91 Å². The van der Waals surface area contributed by atoms with Gasteiger partial charge in [-0.1, -0.05) is 31.2 Å². The number of amides is 2. The standard InChI is InChI=1S/C22H27N3O3/c1-4-11-23-22(27)20-13-25(18-7-5-6-8-19(18)28-20)14-21(26)24-17-12-15(2)9-10-16(17)3/h5-10,12,20H,4,11,13-14H2,1-3H3,(H,23,27)(H,24,26)/t20-/m0/s1. The van der Waals surface area contributed by atoms with Crippen molar-refractivity contribution in [3.63, 3.8) is 0 Å². The van der Waals surface area contributed by atoms with E-state index in [9.17, 15) is 9.59 Å². The van der Waals surface area contributed by atoms with Crippen molar-refractivity contribution < 1.29 is 14.3 Å². The Morgan fingerprint density at radius 3 is 2.75 bits per heavy atom. The molecule has 2 N–H and O–H groups in total. The molecule has 0 fully saturated rings. The number of hydrogen-bond donors (Lipinski definition) is 2. The fraction of sp³-hybridized carbons (Fsp3) is 0.364. The van der Waals surface area contributed by atoms with Crippen LogP contribution in [0.5, 0.6) is 5.75 Å². The van der Waals surface area contributed by atoms with Gasteiger partial charge in [0.05, 0.1) is 18.8 Å². The van der Waals surface area contributed by atoms with E-state index in [1.807, 2.05) is 68.1 Å². The van der Waals surface area contributed by atoms with Crippen molar-refractivity contribution in [2.75, 3.05) is 29.9 Å².